The van der Waals surface area contributed by atoms with Gasteiger partial charge in [-0.1, -0.05) is 11.6 Å². The molecule has 3 aromatic rings. The normalized spacial score (nSPS) is 10.4. The van der Waals surface area contributed by atoms with Crippen molar-refractivity contribution in [3.8, 4) is 5.75 Å². The summed E-state index contributed by atoms with van der Waals surface area (Å²) in [5.74, 6) is 0.109. The number of carbonyl (C=O) groups is 1. The molecular weight excluding hydrogens is 392 g/mol. The van der Waals surface area contributed by atoms with Crippen LogP contribution >= 0.6 is 22.9 Å². The van der Waals surface area contributed by atoms with Crippen molar-refractivity contribution < 1.29 is 19.2 Å². The number of thiazole rings is 1. The van der Waals surface area contributed by atoms with E-state index in [0.29, 0.717) is 23.1 Å². The maximum Gasteiger partial charge on any atom is 0.338 e. The average molecular weight is 405 g/mol. The number of nitrogens with zero attached hydrogens (tertiary/aromatic N) is 2. The van der Waals surface area contributed by atoms with Crippen LogP contribution in [0, 0.1) is 10.1 Å². The van der Waals surface area contributed by atoms with E-state index in [2.05, 4.69) is 4.98 Å². The molecule has 0 fully saturated rings. The number of nitro benzene ring substituents is 1. The van der Waals surface area contributed by atoms with Gasteiger partial charge in [0.05, 0.1) is 16.2 Å². The zero-order valence-corrected chi connectivity index (χ0v) is 15.4. The van der Waals surface area contributed by atoms with Crippen LogP contribution in [0.4, 0.5) is 5.69 Å². The molecule has 0 saturated heterocycles. The van der Waals surface area contributed by atoms with E-state index in [9.17, 15) is 14.9 Å². The smallest absolute Gasteiger partial charge is 0.338 e. The highest BCUT2D eigenvalue weighted by Gasteiger charge is 2.12. The zero-order chi connectivity index (χ0) is 19.2. The SMILES string of the molecule is O=C(OCc1csc(COc2ccc(Cl)cc2)n1)c1ccc([N+](=O)[O-])cc1. The second kappa shape index (κ2) is 8.61. The van der Waals surface area contributed by atoms with E-state index in [-0.39, 0.29) is 17.9 Å². The fraction of sp³-hybridized carbons (Fsp3) is 0.111. The van der Waals surface area contributed by atoms with E-state index < -0.39 is 10.9 Å². The molecule has 3 rings (SSSR count). The van der Waals surface area contributed by atoms with Crippen molar-refractivity contribution in [2.24, 2.45) is 0 Å². The molecule has 0 saturated carbocycles. The van der Waals surface area contributed by atoms with Crippen LogP contribution in [0.5, 0.6) is 5.75 Å². The van der Waals surface area contributed by atoms with Crippen molar-refractivity contribution in [3.63, 3.8) is 0 Å². The van der Waals surface area contributed by atoms with Crippen molar-refractivity contribution >= 4 is 34.6 Å². The van der Waals surface area contributed by atoms with E-state index in [1.165, 1.54) is 35.6 Å². The largest absolute Gasteiger partial charge is 0.486 e. The summed E-state index contributed by atoms with van der Waals surface area (Å²) in [5, 5.41) is 13.8. The molecule has 0 spiro atoms. The monoisotopic (exact) mass is 404 g/mol. The molecule has 0 unspecified atom stereocenters. The van der Waals surface area contributed by atoms with Crippen LogP contribution in [0.25, 0.3) is 0 Å². The number of ether oxygens (including phenoxy) is 2. The van der Waals surface area contributed by atoms with Gasteiger partial charge in [-0.2, -0.15) is 0 Å². The first-order valence-corrected chi connectivity index (χ1v) is 9.00. The van der Waals surface area contributed by atoms with Gasteiger partial charge in [0.25, 0.3) is 5.69 Å². The molecule has 138 valence electrons. The third-order valence-corrected chi connectivity index (χ3v) is 4.56. The summed E-state index contributed by atoms with van der Waals surface area (Å²) in [7, 11) is 0. The molecule has 1 aromatic heterocycles. The Morgan fingerprint density at radius 2 is 1.81 bits per heavy atom. The summed E-state index contributed by atoms with van der Waals surface area (Å²) in [6.07, 6.45) is 0. The standard InChI is InChI=1S/C18H13ClN2O5S/c19-13-3-7-16(8-4-13)25-10-17-20-14(11-27-17)9-26-18(22)12-1-5-15(6-2-12)21(23)24/h1-8,11H,9-10H2. The van der Waals surface area contributed by atoms with Crippen LogP contribution in [0.1, 0.15) is 21.1 Å². The second-order valence-electron chi connectivity index (χ2n) is 5.36. The van der Waals surface area contributed by atoms with Gasteiger partial charge in [0, 0.05) is 22.5 Å². The minimum atomic E-state index is -0.572. The number of non-ortho nitro benzene ring substituents is 1. The lowest BCUT2D eigenvalue weighted by Crippen LogP contribution is -2.05. The quantitative estimate of drug-likeness (QED) is 0.323. The van der Waals surface area contributed by atoms with E-state index in [1.807, 2.05) is 0 Å². The Labute approximate surface area is 163 Å². The maximum absolute atomic E-state index is 12.0. The highest BCUT2D eigenvalue weighted by molar-refractivity contribution is 7.09. The number of carbonyl (C=O) groups excluding carboxylic acids is 1. The molecule has 2 aromatic carbocycles. The number of nitro groups is 1. The first-order valence-electron chi connectivity index (χ1n) is 7.74. The van der Waals surface area contributed by atoms with E-state index >= 15 is 0 Å². The van der Waals surface area contributed by atoms with Gasteiger partial charge in [-0.3, -0.25) is 10.1 Å². The molecule has 0 bridgehead atoms. The number of aromatic nitrogens is 1. The van der Waals surface area contributed by atoms with Gasteiger partial charge in [-0.05, 0) is 36.4 Å². The van der Waals surface area contributed by atoms with Crippen LogP contribution in [0.2, 0.25) is 5.02 Å². The predicted molar refractivity (Wildman–Crippen MR) is 100 cm³/mol. The molecule has 0 aliphatic rings. The third kappa shape index (κ3) is 5.25. The molecule has 0 amide bonds. The molecular formula is C18H13ClN2O5S. The third-order valence-electron chi connectivity index (χ3n) is 3.44. The van der Waals surface area contributed by atoms with Crippen molar-refractivity contribution in [3.05, 3.63) is 85.3 Å². The molecule has 0 N–H and O–H groups in total. The Morgan fingerprint density at radius 3 is 2.48 bits per heavy atom. The van der Waals surface area contributed by atoms with Gasteiger partial charge < -0.3 is 9.47 Å². The lowest BCUT2D eigenvalue weighted by atomic mass is 10.2. The van der Waals surface area contributed by atoms with Crippen molar-refractivity contribution in [1.29, 1.82) is 0 Å². The lowest BCUT2D eigenvalue weighted by Gasteiger charge is -2.04. The first kappa shape index (κ1) is 18.8. The summed E-state index contributed by atoms with van der Waals surface area (Å²) < 4.78 is 10.8. The number of benzene rings is 2. The molecule has 9 heteroatoms. The Morgan fingerprint density at radius 1 is 1.11 bits per heavy atom. The van der Waals surface area contributed by atoms with E-state index in [0.717, 1.165) is 5.01 Å². The Bertz CT molecular complexity index is 941. The molecule has 1 heterocycles. The number of halogens is 1. The number of hydrogen-bond acceptors (Lipinski definition) is 7. The minimum absolute atomic E-state index is 0.00721. The highest BCUT2D eigenvalue weighted by atomic mass is 35.5. The van der Waals surface area contributed by atoms with Gasteiger partial charge in [-0.15, -0.1) is 11.3 Å². The van der Waals surface area contributed by atoms with Crippen LogP contribution in [0.15, 0.2) is 53.9 Å². The highest BCUT2D eigenvalue weighted by Crippen LogP contribution is 2.19. The van der Waals surface area contributed by atoms with Crippen LogP contribution < -0.4 is 4.74 Å². The van der Waals surface area contributed by atoms with Crippen molar-refractivity contribution in [2.75, 3.05) is 0 Å². The average Bonchev–Trinajstić information content (AvgIpc) is 3.13. The van der Waals surface area contributed by atoms with Crippen LogP contribution in [-0.2, 0) is 18.0 Å². The van der Waals surface area contributed by atoms with Gasteiger partial charge in [0.15, 0.2) is 0 Å². The summed E-state index contributed by atoms with van der Waals surface area (Å²) in [5.41, 5.74) is 0.753. The van der Waals surface area contributed by atoms with Crippen molar-refractivity contribution in [2.45, 2.75) is 13.2 Å². The number of hydrogen-bond donors (Lipinski definition) is 0. The fourth-order valence-corrected chi connectivity index (χ4v) is 2.92. The summed E-state index contributed by atoms with van der Waals surface area (Å²) in [6, 6.07) is 12.2. The van der Waals surface area contributed by atoms with Gasteiger partial charge in [0.1, 0.15) is 24.0 Å². The topological polar surface area (TPSA) is 91.6 Å². The molecule has 0 atom stereocenters. The van der Waals surface area contributed by atoms with Gasteiger partial charge in [0.2, 0.25) is 0 Å². The fourth-order valence-electron chi connectivity index (χ4n) is 2.10. The predicted octanol–water partition coefficient (Wildman–Crippen LogP) is 4.64. The molecule has 0 aliphatic heterocycles. The van der Waals surface area contributed by atoms with Crippen LogP contribution in [-0.4, -0.2) is 15.9 Å². The Balaban J connectivity index is 1.50. The number of esters is 1. The first-order chi connectivity index (χ1) is 13.0. The van der Waals surface area contributed by atoms with Gasteiger partial charge in [-0.25, -0.2) is 9.78 Å². The number of rotatable bonds is 7. The summed E-state index contributed by atoms with van der Waals surface area (Å²) >= 11 is 7.22. The van der Waals surface area contributed by atoms with Crippen LogP contribution in [0.3, 0.4) is 0 Å². The molecule has 7 nitrogen and oxygen atoms in total. The van der Waals surface area contributed by atoms with E-state index in [4.69, 9.17) is 21.1 Å². The maximum atomic E-state index is 12.0. The summed E-state index contributed by atoms with van der Waals surface area (Å²) in [6.45, 7) is 0.301. The minimum Gasteiger partial charge on any atom is -0.486 e. The molecule has 27 heavy (non-hydrogen) atoms. The zero-order valence-electron chi connectivity index (χ0n) is 13.8. The summed E-state index contributed by atoms with van der Waals surface area (Å²) in [4.78, 5) is 26.4. The van der Waals surface area contributed by atoms with E-state index in [1.54, 1.807) is 29.6 Å². The molecule has 0 aliphatic carbocycles. The molecule has 0 radical (unpaired) electrons. The Kier molecular flexibility index (Phi) is 6.00. The van der Waals surface area contributed by atoms with Crippen molar-refractivity contribution in [1.82, 2.24) is 4.98 Å². The van der Waals surface area contributed by atoms with Gasteiger partial charge >= 0.3 is 5.97 Å². The second-order valence-corrected chi connectivity index (χ2v) is 6.73. The Hall–Kier alpha value is -2.97. The lowest BCUT2D eigenvalue weighted by molar-refractivity contribution is -0.384.